The van der Waals surface area contributed by atoms with E-state index in [4.69, 9.17) is 4.74 Å². The Bertz CT molecular complexity index is 857. The van der Waals surface area contributed by atoms with Gasteiger partial charge in [-0.1, -0.05) is 32.8 Å². The summed E-state index contributed by atoms with van der Waals surface area (Å²) in [5.74, 6) is 4.24. The first-order valence-corrected chi connectivity index (χ1v) is 13.2. The van der Waals surface area contributed by atoms with E-state index in [1.54, 1.807) is 0 Å². The first kappa shape index (κ1) is 22.3. The minimum atomic E-state index is -0.244. The van der Waals surface area contributed by atoms with Gasteiger partial charge in [0.05, 0.1) is 6.61 Å². The van der Waals surface area contributed by atoms with Gasteiger partial charge in [0.1, 0.15) is 5.78 Å². The molecule has 0 aromatic rings. The average molecular weight is 441 g/mol. The van der Waals surface area contributed by atoms with Gasteiger partial charge in [-0.3, -0.25) is 14.4 Å². The van der Waals surface area contributed by atoms with E-state index in [1.165, 1.54) is 12.0 Å². The minimum Gasteiger partial charge on any atom is -0.466 e. The number of fused-ring (bicyclic) bond motifs is 8. The molecule has 5 aliphatic rings. The zero-order chi connectivity index (χ0) is 22.8. The maximum Gasteiger partial charge on any atom is 0.305 e. The summed E-state index contributed by atoms with van der Waals surface area (Å²) in [4.78, 5) is 38.2. The summed E-state index contributed by atoms with van der Waals surface area (Å²) in [6.45, 7) is 9.17. The summed E-state index contributed by atoms with van der Waals surface area (Å²) in [6, 6.07) is 0. The number of allylic oxidation sites excluding steroid dienone is 1. The van der Waals surface area contributed by atoms with Crippen molar-refractivity contribution in [2.75, 3.05) is 6.61 Å². The fourth-order valence-electron chi connectivity index (χ4n) is 9.14. The predicted octanol–water partition coefficient (Wildman–Crippen LogP) is 5.54. The number of esters is 1. The fraction of sp³-hybridized carbons (Fsp3) is 0.821. The Kier molecular flexibility index (Phi) is 5.45. The molecule has 4 heteroatoms. The zero-order valence-electron chi connectivity index (χ0n) is 20.3. The van der Waals surface area contributed by atoms with E-state index in [9.17, 15) is 14.4 Å². The third-order valence-electron chi connectivity index (χ3n) is 10.8. The van der Waals surface area contributed by atoms with E-state index in [-0.39, 0.29) is 16.8 Å². The van der Waals surface area contributed by atoms with Crippen LogP contribution in [0.1, 0.15) is 85.5 Å². The van der Waals surface area contributed by atoms with Crippen molar-refractivity contribution in [1.82, 2.24) is 0 Å². The molecule has 0 N–H and O–H groups in total. The Labute approximate surface area is 192 Å². The Hall–Kier alpha value is -1.45. The molecule has 0 bridgehead atoms. The molecule has 0 radical (unpaired) electrons. The van der Waals surface area contributed by atoms with Gasteiger partial charge in [-0.2, -0.15) is 0 Å². The van der Waals surface area contributed by atoms with E-state index in [0.717, 1.165) is 32.1 Å². The largest absolute Gasteiger partial charge is 0.466 e. The molecule has 0 spiro atoms. The van der Waals surface area contributed by atoms with Crippen LogP contribution in [0.15, 0.2) is 11.6 Å². The smallest absolute Gasteiger partial charge is 0.305 e. The van der Waals surface area contributed by atoms with Gasteiger partial charge in [-0.05, 0) is 91.9 Å². The van der Waals surface area contributed by atoms with Crippen molar-refractivity contribution in [2.24, 2.45) is 52.3 Å². The molecule has 0 aromatic carbocycles. The van der Waals surface area contributed by atoms with E-state index in [1.807, 2.05) is 13.0 Å². The van der Waals surface area contributed by atoms with Crippen LogP contribution in [0, 0.1) is 52.3 Å². The molecule has 4 saturated carbocycles. The van der Waals surface area contributed by atoms with E-state index >= 15 is 0 Å². The molecule has 5 rings (SSSR count). The molecule has 4 fully saturated rings. The lowest BCUT2D eigenvalue weighted by molar-refractivity contribution is -0.150. The molecule has 176 valence electrons. The van der Waals surface area contributed by atoms with Crippen molar-refractivity contribution in [1.29, 1.82) is 0 Å². The number of hydrogen-bond donors (Lipinski definition) is 0. The molecular weight excluding hydrogens is 400 g/mol. The highest BCUT2D eigenvalue weighted by atomic mass is 16.5. The highest BCUT2D eigenvalue weighted by Gasteiger charge is 2.69. The van der Waals surface area contributed by atoms with Crippen LogP contribution < -0.4 is 0 Å². The van der Waals surface area contributed by atoms with Crippen molar-refractivity contribution >= 4 is 17.5 Å². The maximum atomic E-state index is 13.9. The first-order valence-electron chi connectivity index (χ1n) is 13.2. The van der Waals surface area contributed by atoms with Gasteiger partial charge in [0.2, 0.25) is 0 Å². The maximum absolute atomic E-state index is 13.9. The number of carbonyl (C=O) groups excluding carboxylic acids is 3. The molecule has 9 atom stereocenters. The van der Waals surface area contributed by atoms with Gasteiger partial charge in [0.15, 0.2) is 5.78 Å². The Morgan fingerprint density at radius 2 is 1.97 bits per heavy atom. The zero-order valence-corrected chi connectivity index (χ0v) is 20.3. The second-order valence-corrected chi connectivity index (χ2v) is 11.9. The van der Waals surface area contributed by atoms with Crippen LogP contribution in [0.3, 0.4) is 0 Å². The van der Waals surface area contributed by atoms with Gasteiger partial charge in [-0.25, -0.2) is 0 Å². The van der Waals surface area contributed by atoms with Crippen LogP contribution in [0.4, 0.5) is 0 Å². The Balaban J connectivity index is 1.41. The van der Waals surface area contributed by atoms with Crippen molar-refractivity contribution in [2.45, 2.75) is 85.5 Å². The van der Waals surface area contributed by atoms with E-state index in [0.29, 0.717) is 78.9 Å². The van der Waals surface area contributed by atoms with Gasteiger partial charge in [0, 0.05) is 24.7 Å². The molecule has 0 amide bonds. The molecule has 4 nitrogen and oxygen atoms in total. The topological polar surface area (TPSA) is 60.4 Å². The summed E-state index contributed by atoms with van der Waals surface area (Å²) in [5.41, 5.74) is 1.19. The number of rotatable bonds is 6. The SMILES string of the molecule is CCOC(=O)CC[C@@H](CC)[C@H]1CC[C@H]2[C@@H]3[C@@H]4C[C@@H]4C4=CC(=O)CC[C@]4(C)[C@H]3CC(=O)[C@]12C. The lowest BCUT2D eigenvalue weighted by atomic mass is 9.46. The van der Waals surface area contributed by atoms with E-state index in [2.05, 4.69) is 20.8 Å². The number of ketones is 2. The van der Waals surface area contributed by atoms with Gasteiger partial charge in [-0.15, -0.1) is 0 Å². The standard InChI is InChI=1S/C28H40O4/c1-5-16(7-10-25(31)32-6-2)20-8-9-21-26-19-14-18(19)22-13-17(29)11-12-27(22,3)23(26)15-24(30)28(20,21)4/h13,16,18-21,23,26H,5-12,14-15H2,1-4H3/t16-,18+,19-,20-,21+,23+,26+,27+,28-/m1/s1. The molecule has 5 aliphatic carbocycles. The molecule has 0 saturated heterocycles. The summed E-state index contributed by atoms with van der Waals surface area (Å²) in [6.07, 6.45) is 10.1. The van der Waals surface area contributed by atoms with Crippen LogP contribution in [0.2, 0.25) is 0 Å². The van der Waals surface area contributed by atoms with Crippen molar-refractivity contribution in [3.8, 4) is 0 Å². The van der Waals surface area contributed by atoms with E-state index < -0.39 is 0 Å². The summed E-state index contributed by atoms with van der Waals surface area (Å²) in [5, 5.41) is 0. The number of ether oxygens (including phenoxy) is 1. The number of Topliss-reactive ketones (excluding diaryl/α,β-unsaturated/α-hetero) is 1. The first-order chi connectivity index (χ1) is 15.3. The monoisotopic (exact) mass is 440 g/mol. The fourth-order valence-corrected chi connectivity index (χ4v) is 9.14. The van der Waals surface area contributed by atoms with Crippen LogP contribution in [-0.2, 0) is 19.1 Å². The summed E-state index contributed by atoms with van der Waals surface area (Å²) < 4.78 is 5.18. The highest BCUT2D eigenvalue weighted by Crippen LogP contribution is 2.74. The summed E-state index contributed by atoms with van der Waals surface area (Å²) >= 11 is 0. The van der Waals surface area contributed by atoms with Crippen molar-refractivity contribution in [3.05, 3.63) is 11.6 Å². The van der Waals surface area contributed by atoms with Crippen molar-refractivity contribution in [3.63, 3.8) is 0 Å². The highest BCUT2D eigenvalue weighted by molar-refractivity contribution is 5.92. The Morgan fingerprint density at radius 3 is 2.69 bits per heavy atom. The molecule has 32 heavy (non-hydrogen) atoms. The quantitative estimate of drug-likeness (QED) is 0.509. The molecular formula is C28H40O4. The lowest BCUT2D eigenvalue weighted by Gasteiger charge is -2.57. The molecule has 0 aromatic heterocycles. The number of hydrogen-bond acceptors (Lipinski definition) is 4. The van der Waals surface area contributed by atoms with Gasteiger partial charge in [0.25, 0.3) is 0 Å². The van der Waals surface area contributed by atoms with Crippen LogP contribution in [-0.4, -0.2) is 24.1 Å². The average Bonchev–Trinajstić information content (AvgIpc) is 3.47. The second kappa shape index (κ2) is 7.81. The van der Waals surface area contributed by atoms with Crippen LogP contribution in [0.5, 0.6) is 0 Å². The molecule has 0 aliphatic heterocycles. The molecule has 0 heterocycles. The van der Waals surface area contributed by atoms with Gasteiger partial charge < -0.3 is 4.74 Å². The lowest BCUT2D eigenvalue weighted by Crippen LogP contribution is -2.56. The minimum absolute atomic E-state index is 0.0411. The van der Waals surface area contributed by atoms with Crippen LogP contribution >= 0.6 is 0 Å². The third-order valence-corrected chi connectivity index (χ3v) is 10.8. The summed E-state index contributed by atoms with van der Waals surface area (Å²) in [7, 11) is 0. The molecule has 0 unspecified atom stereocenters. The van der Waals surface area contributed by atoms with Crippen LogP contribution in [0.25, 0.3) is 0 Å². The van der Waals surface area contributed by atoms with Gasteiger partial charge >= 0.3 is 5.97 Å². The normalized spacial score (nSPS) is 45.2. The Morgan fingerprint density at radius 1 is 1.19 bits per heavy atom. The second-order valence-electron chi connectivity index (χ2n) is 11.9. The van der Waals surface area contributed by atoms with Crippen molar-refractivity contribution < 1.29 is 19.1 Å². The predicted molar refractivity (Wildman–Crippen MR) is 123 cm³/mol. The number of carbonyl (C=O) groups is 3. The third kappa shape index (κ3) is 3.10.